The van der Waals surface area contributed by atoms with Crippen molar-refractivity contribution in [3.05, 3.63) is 38.1 Å². The monoisotopic (exact) mass is 298 g/mol. The lowest BCUT2D eigenvalue weighted by molar-refractivity contribution is 0.419. The summed E-state index contributed by atoms with van der Waals surface area (Å²) in [5.41, 5.74) is 0.740. The molecule has 1 N–H and O–H groups in total. The van der Waals surface area contributed by atoms with Crippen molar-refractivity contribution in [1.82, 2.24) is 4.57 Å². The van der Waals surface area contributed by atoms with Crippen molar-refractivity contribution in [2.45, 2.75) is 13.5 Å². The number of hydrogen-bond acceptors (Lipinski definition) is 4. The first-order chi connectivity index (χ1) is 8.61. The van der Waals surface area contributed by atoms with E-state index >= 15 is 0 Å². The summed E-state index contributed by atoms with van der Waals surface area (Å²) in [5.74, 6) is 0.165. The Bertz CT molecular complexity index is 646. The summed E-state index contributed by atoms with van der Waals surface area (Å²) in [6.45, 7) is 2.58. The molecule has 0 aliphatic rings. The highest BCUT2D eigenvalue weighted by molar-refractivity contribution is 7.73. The third-order valence-corrected chi connectivity index (χ3v) is 3.96. The minimum atomic E-state index is 0.165. The van der Waals surface area contributed by atoms with E-state index in [1.165, 1.54) is 11.3 Å². The maximum absolute atomic E-state index is 9.93. The molecular weight excluding hydrogens is 288 g/mol. The van der Waals surface area contributed by atoms with Gasteiger partial charge in [-0.05, 0) is 37.3 Å². The summed E-state index contributed by atoms with van der Waals surface area (Å²) in [6.07, 6.45) is 1.60. The van der Waals surface area contributed by atoms with Crippen LogP contribution in [0.25, 0.3) is 0 Å². The molecule has 0 aliphatic carbocycles. The smallest absolute Gasteiger partial charge is 0.212 e. The van der Waals surface area contributed by atoms with E-state index in [4.69, 9.17) is 23.8 Å². The number of aromatic hydroxyl groups is 1. The second-order valence-corrected chi connectivity index (χ2v) is 5.65. The van der Waals surface area contributed by atoms with Gasteiger partial charge in [-0.3, -0.25) is 9.56 Å². The molecule has 0 fully saturated rings. The number of thiazole rings is 1. The number of halogens is 1. The van der Waals surface area contributed by atoms with Crippen molar-refractivity contribution in [2.75, 3.05) is 0 Å². The third-order valence-electron chi connectivity index (χ3n) is 2.35. The van der Waals surface area contributed by atoms with Gasteiger partial charge in [0.25, 0.3) is 0 Å². The van der Waals surface area contributed by atoms with Crippen LogP contribution in [0.2, 0.25) is 5.02 Å². The fraction of sp³-hybridized carbons (Fsp3) is 0.167. The molecule has 0 radical (unpaired) electrons. The van der Waals surface area contributed by atoms with Gasteiger partial charge in [0.1, 0.15) is 4.88 Å². The van der Waals surface area contributed by atoms with E-state index in [2.05, 4.69) is 4.99 Å². The molecule has 0 unspecified atom stereocenters. The van der Waals surface area contributed by atoms with Crippen LogP contribution in [0.3, 0.4) is 0 Å². The highest BCUT2D eigenvalue weighted by Crippen LogP contribution is 2.25. The van der Waals surface area contributed by atoms with E-state index in [-0.39, 0.29) is 5.88 Å². The predicted molar refractivity (Wildman–Crippen MR) is 79.2 cm³/mol. The first-order valence-corrected chi connectivity index (χ1v) is 6.94. The Morgan fingerprint density at radius 2 is 2.33 bits per heavy atom. The lowest BCUT2D eigenvalue weighted by Gasteiger charge is -1.98. The number of rotatable bonds is 3. The van der Waals surface area contributed by atoms with Crippen molar-refractivity contribution in [3.8, 4) is 5.88 Å². The van der Waals surface area contributed by atoms with Crippen molar-refractivity contribution in [2.24, 2.45) is 4.99 Å². The molecule has 2 aromatic rings. The van der Waals surface area contributed by atoms with Crippen molar-refractivity contribution in [1.29, 1.82) is 0 Å². The SMILES string of the molecule is CCn1c(O)c(C=Nc2cccc(Cl)c2)sc1=S. The standard InChI is InChI=1S/C12H11ClN2OS2/c1-2-15-11(16)10(18-12(15)17)7-14-9-5-3-4-8(13)6-9/h3-7,16H,2H2,1H3. The summed E-state index contributed by atoms with van der Waals surface area (Å²) in [6, 6.07) is 7.21. The van der Waals surface area contributed by atoms with Gasteiger partial charge in [0.15, 0.2) is 3.95 Å². The van der Waals surface area contributed by atoms with Gasteiger partial charge in [-0.15, -0.1) is 0 Å². The van der Waals surface area contributed by atoms with Gasteiger partial charge in [0.2, 0.25) is 5.88 Å². The molecule has 0 bridgehead atoms. The summed E-state index contributed by atoms with van der Waals surface area (Å²) in [7, 11) is 0. The molecule has 0 aliphatic heterocycles. The molecule has 1 heterocycles. The van der Waals surface area contributed by atoms with Gasteiger partial charge in [0, 0.05) is 11.6 Å². The number of aliphatic imine (C=N–C) groups is 1. The van der Waals surface area contributed by atoms with Crippen LogP contribution < -0.4 is 0 Å². The largest absolute Gasteiger partial charge is 0.493 e. The van der Waals surface area contributed by atoms with Gasteiger partial charge in [0.05, 0.1) is 11.9 Å². The molecule has 1 aromatic heterocycles. The highest BCUT2D eigenvalue weighted by Gasteiger charge is 2.08. The van der Waals surface area contributed by atoms with Crippen LogP contribution in [0, 0.1) is 3.95 Å². The zero-order valence-electron chi connectivity index (χ0n) is 9.63. The van der Waals surface area contributed by atoms with Crippen molar-refractivity contribution in [3.63, 3.8) is 0 Å². The predicted octanol–water partition coefficient (Wildman–Crippen LogP) is 4.41. The summed E-state index contributed by atoms with van der Waals surface area (Å²) in [5, 5.41) is 10.6. The third kappa shape index (κ3) is 2.80. The van der Waals surface area contributed by atoms with E-state index in [0.717, 1.165) is 5.69 Å². The van der Waals surface area contributed by atoms with E-state index in [0.29, 0.717) is 20.4 Å². The van der Waals surface area contributed by atoms with Crippen molar-refractivity contribution >= 4 is 47.1 Å². The molecule has 94 valence electrons. The average Bonchev–Trinajstić information content (AvgIpc) is 2.61. The van der Waals surface area contributed by atoms with E-state index in [1.807, 2.05) is 19.1 Å². The topological polar surface area (TPSA) is 37.5 Å². The Labute approximate surface area is 119 Å². The maximum Gasteiger partial charge on any atom is 0.212 e. The maximum atomic E-state index is 9.93. The molecule has 1 aromatic carbocycles. The summed E-state index contributed by atoms with van der Waals surface area (Å²) < 4.78 is 2.31. The molecule has 6 heteroatoms. The van der Waals surface area contributed by atoms with Crippen LogP contribution >= 0.6 is 35.2 Å². The summed E-state index contributed by atoms with van der Waals surface area (Å²) >= 11 is 12.4. The second kappa shape index (κ2) is 5.65. The molecular formula is C12H11ClN2OS2. The van der Waals surface area contributed by atoms with Gasteiger partial charge in [-0.2, -0.15) is 0 Å². The Balaban J connectivity index is 2.32. The van der Waals surface area contributed by atoms with Crippen LogP contribution in [0.5, 0.6) is 5.88 Å². The minimum Gasteiger partial charge on any atom is -0.493 e. The van der Waals surface area contributed by atoms with Gasteiger partial charge >= 0.3 is 0 Å². The first-order valence-electron chi connectivity index (χ1n) is 5.34. The Morgan fingerprint density at radius 3 is 2.94 bits per heavy atom. The number of benzene rings is 1. The van der Waals surface area contributed by atoms with Crippen molar-refractivity contribution < 1.29 is 5.11 Å². The lowest BCUT2D eigenvalue weighted by atomic mass is 10.3. The average molecular weight is 299 g/mol. The van der Waals surface area contributed by atoms with Crippen LogP contribution in [0.1, 0.15) is 11.8 Å². The van der Waals surface area contributed by atoms with Gasteiger partial charge in [-0.1, -0.05) is 29.0 Å². The number of hydrogen-bond donors (Lipinski definition) is 1. The van der Waals surface area contributed by atoms with Crippen LogP contribution in [-0.2, 0) is 6.54 Å². The minimum absolute atomic E-state index is 0.165. The molecule has 0 amide bonds. The number of nitrogens with zero attached hydrogens (tertiary/aromatic N) is 2. The molecule has 3 nitrogen and oxygen atoms in total. The van der Waals surface area contributed by atoms with Gasteiger partial charge < -0.3 is 5.11 Å². The fourth-order valence-electron chi connectivity index (χ4n) is 1.47. The number of aromatic nitrogens is 1. The van der Waals surface area contributed by atoms with E-state index in [9.17, 15) is 5.11 Å². The van der Waals surface area contributed by atoms with Crippen LogP contribution in [0.15, 0.2) is 29.3 Å². The zero-order chi connectivity index (χ0) is 13.1. The zero-order valence-corrected chi connectivity index (χ0v) is 12.0. The quantitative estimate of drug-likeness (QED) is 0.673. The lowest BCUT2D eigenvalue weighted by Crippen LogP contribution is -1.92. The highest BCUT2D eigenvalue weighted by atomic mass is 35.5. The fourth-order valence-corrected chi connectivity index (χ4v) is 2.96. The first kappa shape index (κ1) is 13.3. The normalized spacial score (nSPS) is 11.2. The van der Waals surface area contributed by atoms with Gasteiger partial charge in [-0.25, -0.2) is 0 Å². The van der Waals surface area contributed by atoms with E-state index in [1.54, 1.807) is 22.9 Å². The molecule has 0 saturated carbocycles. The Morgan fingerprint density at radius 1 is 1.56 bits per heavy atom. The molecule has 0 atom stereocenters. The van der Waals surface area contributed by atoms with E-state index < -0.39 is 0 Å². The molecule has 18 heavy (non-hydrogen) atoms. The van der Waals surface area contributed by atoms with Crippen LogP contribution in [0.4, 0.5) is 5.69 Å². The molecule has 0 spiro atoms. The molecule has 0 saturated heterocycles. The van der Waals surface area contributed by atoms with Crippen LogP contribution in [-0.4, -0.2) is 15.9 Å². The molecule has 2 rings (SSSR count). The Kier molecular flexibility index (Phi) is 4.16. The Hall–Kier alpha value is -1.17. The summed E-state index contributed by atoms with van der Waals surface area (Å²) in [4.78, 5) is 4.92. The second-order valence-electron chi connectivity index (χ2n) is 3.54.